The minimum atomic E-state index is -4.41. The van der Waals surface area contributed by atoms with Crippen LogP contribution in [0, 0.1) is 0 Å². The molecule has 0 unspecified atom stereocenters. The maximum absolute atomic E-state index is 12.6. The molecule has 2 heterocycles. The van der Waals surface area contributed by atoms with Crippen LogP contribution in [0.15, 0.2) is 57.1 Å². The van der Waals surface area contributed by atoms with E-state index in [-0.39, 0.29) is 18.0 Å². The van der Waals surface area contributed by atoms with Gasteiger partial charge in [0, 0.05) is 4.90 Å². The molecule has 0 atom stereocenters. The van der Waals surface area contributed by atoms with Gasteiger partial charge in [0.05, 0.1) is 23.1 Å². The Balaban J connectivity index is 1.71. The Morgan fingerprint density at radius 1 is 1.15 bits per heavy atom. The Morgan fingerprint density at radius 3 is 2.50 bits per heavy atom. The van der Waals surface area contributed by atoms with Crippen LogP contribution in [0.25, 0.3) is 0 Å². The Labute approximate surface area is 148 Å². The normalized spacial score (nSPS) is 11.5. The van der Waals surface area contributed by atoms with Gasteiger partial charge in [-0.3, -0.25) is 14.7 Å². The zero-order valence-corrected chi connectivity index (χ0v) is 13.7. The predicted molar refractivity (Wildman–Crippen MR) is 83.7 cm³/mol. The van der Waals surface area contributed by atoms with Crippen molar-refractivity contribution in [3.8, 4) is 0 Å². The molecule has 2 aromatic heterocycles. The first kappa shape index (κ1) is 17.9. The van der Waals surface area contributed by atoms with E-state index in [2.05, 4.69) is 15.2 Å². The van der Waals surface area contributed by atoms with Gasteiger partial charge in [0.25, 0.3) is 5.78 Å². The van der Waals surface area contributed by atoms with Gasteiger partial charge >= 0.3 is 6.18 Å². The lowest BCUT2D eigenvalue weighted by Gasteiger charge is -2.07. The zero-order chi connectivity index (χ0) is 18.7. The number of hydrogen-bond acceptors (Lipinski definition) is 6. The summed E-state index contributed by atoms with van der Waals surface area (Å²) >= 11 is 1.13. The van der Waals surface area contributed by atoms with Gasteiger partial charge in [0.2, 0.25) is 5.78 Å². The molecular formula is C16H10F3N3O3S. The fraction of sp³-hybridized carbons (Fsp3) is 0.125. The second kappa shape index (κ2) is 7.16. The number of carbonyl (C=O) groups is 2. The number of aromatic nitrogens is 3. The highest BCUT2D eigenvalue weighted by Crippen LogP contribution is 2.34. The molecular weight excluding hydrogens is 371 g/mol. The van der Waals surface area contributed by atoms with Gasteiger partial charge in [0.15, 0.2) is 5.82 Å². The molecule has 0 spiro atoms. The number of nitrogens with one attached hydrogen (secondary N) is 1. The first-order valence-electron chi connectivity index (χ1n) is 7.19. The van der Waals surface area contributed by atoms with E-state index >= 15 is 0 Å². The van der Waals surface area contributed by atoms with E-state index in [1.54, 1.807) is 6.07 Å². The van der Waals surface area contributed by atoms with Crippen LogP contribution in [0.4, 0.5) is 13.2 Å². The van der Waals surface area contributed by atoms with Gasteiger partial charge < -0.3 is 4.42 Å². The number of aromatic amines is 1. The molecule has 0 amide bonds. The number of hydrogen-bond donors (Lipinski definition) is 1. The van der Waals surface area contributed by atoms with E-state index < -0.39 is 23.3 Å². The standard InChI is InChI=1S/C16H10F3N3O3S/c17-16(18,19)9-1-3-10(4-2-9)26-13-5-6-25-12(13)7-11(23)14(24)15-20-8-21-22-15/h1-6,8H,7H2,(H,20,21,22). The zero-order valence-electron chi connectivity index (χ0n) is 12.9. The van der Waals surface area contributed by atoms with Crippen LogP contribution in [0.1, 0.15) is 21.9 Å². The third-order valence-electron chi connectivity index (χ3n) is 3.32. The van der Waals surface area contributed by atoms with Crippen LogP contribution in [-0.4, -0.2) is 26.7 Å². The smallest absolute Gasteiger partial charge is 0.416 e. The van der Waals surface area contributed by atoms with E-state index in [0.717, 1.165) is 30.2 Å². The molecule has 0 saturated carbocycles. The molecule has 0 aliphatic rings. The average Bonchev–Trinajstić information content (AvgIpc) is 3.26. The van der Waals surface area contributed by atoms with Crippen molar-refractivity contribution >= 4 is 23.3 Å². The van der Waals surface area contributed by atoms with Gasteiger partial charge in [-0.15, -0.1) is 0 Å². The molecule has 6 nitrogen and oxygen atoms in total. The molecule has 1 N–H and O–H groups in total. The van der Waals surface area contributed by atoms with Crippen LogP contribution in [0.5, 0.6) is 0 Å². The summed E-state index contributed by atoms with van der Waals surface area (Å²) < 4.78 is 43.0. The summed E-state index contributed by atoms with van der Waals surface area (Å²) in [6.07, 6.45) is -2.25. The fourth-order valence-electron chi connectivity index (χ4n) is 2.06. The van der Waals surface area contributed by atoms with Crippen molar-refractivity contribution in [3.05, 3.63) is 60.1 Å². The number of benzene rings is 1. The maximum atomic E-state index is 12.6. The highest BCUT2D eigenvalue weighted by atomic mass is 32.2. The molecule has 0 saturated heterocycles. The van der Waals surface area contributed by atoms with Crippen molar-refractivity contribution in [2.75, 3.05) is 0 Å². The lowest BCUT2D eigenvalue weighted by atomic mass is 10.1. The van der Waals surface area contributed by atoms with Crippen LogP contribution >= 0.6 is 11.8 Å². The largest absolute Gasteiger partial charge is 0.468 e. The van der Waals surface area contributed by atoms with Gasteiger partial charge in [0.1, 0.15) is 12.1 Å². The molecule has 0 bridgehead atoms. The molecule has 26 heavy (non-hydrogen) atoms. The van der Waals surface area contributed by atoms with Crippen LogP contribution in [-0.2, 0) is 17.4 Å². The van der Waals surface area contributed by atoms with Crippen molar-refractivity contribution < 1.29 is 27.2 Å². The molecule has 0 fully saturated rings. The van der Waals surface area contributed by atoms with Gasteiger partial charge in [-0.05, 0) is 30.3 Å². The topological polar surface area (TPSA) is 88.8 Å². The molecule has 1 aromatic carbocycles. The number of furan rings is 1. The minimum absolute atomic E-state index is 0.168. The first-order valence-corrected chi connectivity index (χ1v) is 8.00. The summed E-state index contributed by atoms with van der Waals surface area (Å²) in [7, 11) is 0. The monoisotopic (exact) mass is 381 g/mol. The summed E-state index contributed by atoms with van der Waals surface area (Å²) in [6, 6.07) is 6.17. The molecule has 10 heteroatoms. The van der Waals surface area contributed by atoms with Crippen molar-refractivity contribution in [3.63, 3.8) is 0 Å². The first-order chi connectivity index (χ1) is 12.3. The Hall–Kier alpha value is -2.88. The third kappa shape index (κ3) is 4.02. The lowest BCUT2D eigenvalue weighted by Crippen LogP contribution is -2.18. The van der Waals surface area contributed by atoms with E-state index in [1.165, 1.54) is 18.4 Å². The molecule has 0 aliphatic heterocycles. The van der Waals surface area contributed by atoms with Crippen LogP contribution < -0.4 is 0 Å². The molecule has 3 rings (SSSR count). The Kier molecular flexibility index (Phi) is 4.94. The van der Waals surface area contributed by atoms with Gasteiger partial charge in [-0.25, -0.2) is 4.98 Å². The van der Waals surface area contributed by atoms with Crippen molar-refractivity contribution in [1.29, 1.82) is 0 Å². The van der Waals surface area contributed by atoms with E-state index in [1.807, 2.05) is 0 Å². The highest BCUT2D eigenvalue weighted by molar-refractivity contribution is 7.99. The summed E-state index contributed by atoms with van der Waals surface area (Å²) in [5.74, 6) is -1.50. The SMILES string of the molecule is O=C(Cc1occc1Sc1ccc(C(F)(F)F)cc1)C(=O)c1ncn[nH]1. The Bertz CT molecular complexity index is 918. The second-order valence-corrected chi connectivity index (χ2v) is 6.21. The average molecular weight is 381 g/mol. The highest BCUT2D eigenvalue weighted by Gasteiger charge is 2.30. The van der Waals surface area contributed by atoms with E-state index in [0.29, 0.717) is 9.79 Å². The summed E-state index contributed by atoms with van der Waals surface area (Å²) in [5.41, 5.74) is -0.748. The fourth-order valence-corrected chi connectivity index (χ4v) is 2.94. The number of rotatable bonds is 6. The third-order valence-corrected chi connectivity index (χ3v) is 4.41. The van der Waals surface area contributed by atoms with Crippen molar-refractivity contribution in [2.24, 2.45) is 0 Å². The van der Waals surface area contributed by atoms with Gasteiger partial charge in [-0.2, -0.15) is 18.3 Å². The number of H-pyrrole nitrogens is 1. The van der Waals surface area contributed by atoms with Crippen molar-refractivity contribution in [1.82, 2.24) is 15.2 Å². The molecule has 0 aliphatic carbocycles. The number of alkyl halides is 3. The summed E-state index contributed by atoms with van der Waals surface area (Å²) in [6.45, 7) is 0. The number of halogens is 3. The number of Topliss-reactive ketones (excluding diaryl/α,β-unsaturated/α-hetero) is 2. The van der Waals surface area contributed by atoms with Gasteiger partial charge in [-0.1, -0.05) is 11.8 Å². The lowest BCUT2D eigenvalue weighted by molar-refractivity contribution is -0.137. The quantitative estimate of drug-likeness (QED) is 0.519. The second-order valence-electron chi connectivity index (χ2n) is 5.10. The maximum Gasteiger partial charge on any atom is 0.416 e. The van der Waals surface area contributed by atoms with E-state index in [9.17, 15) is 22.8 Å². The van der Waals surface area contributed by atoms with Crippen LogP contribution in [0.2, 0.25) is 0 Å². The minimum Gasteiger partial charge on any atom is -0.468 e. The Morgan fingerprint density at radius 2 is 1.88 bits per heavy atom. The number of carbonyl (C=O) groups excluding carboxylic acids is 2. The number of ketones is 2. The molecule has 134 valence electrons. The van der Waals surface area contributed by atoms with E-state index in [4.69, 9.17) is 4.42 Å². The molecule has 3 aromatic rings. The summed E-state index contributed by atoms with van der Waals surface area (Å²) in [5, 5.41) is 5.81. The molecule has 0 radical (unpaired) electrons. The van der Waals surface area contributed by atoms with Crippen molar-refractivity contribution in [2.45, 2.75) is 22.4 Å². The van der Waals surface area contributed by atoms with Crippen LogP contribution in [0.3, 0.4) is 0 Å². The predicted octanol–water partition coefficient (Wildman–Crippen LogP) is 3.56. The number of nitrogens with zero attached hydrogens (tertiary/aromatic N) is 2. The summed E-state index contributed by atoms with van der Waals surface area (Å²) in [4.78, 5) is 28.6.